The Kier molecular flexibility index (Phi) is 4.41. The molecule has 0 amide bonds. The second-order valence-electron chi connectivity index (χ2n) is 5.42. The summed E-state index contributed by atoms with van der Waals surface area (Å²) in [6.07, 6.45) is 0. The number of ether oxygens (including phenoxy) is 1. The van der Waals surface area contributed by atoms with E-state index >= 15 is 0 Å². The topological polar surface area (TPSA) is 75.7 Å². The number of nitrogens with zero attached hydrogens (tertiary/aromatic N) is 1. The highest BCUT2D eigenvalue weighted by Gasteiger charge is 2.36. The average Bonchev–Trinajstić information content (AvgIpc) is 2.94. The maximum Gasteiger partial charge on any atom is 0.349 e. The van der Waals surface area contributed by atoms with Crippen LogP contribution in [0.2, 0.25) is 0 Å². The molecule has 0 spiro atoms. The van der Waals surface area contributed by atoms with Crippen molar-refractivity contribution in [2.45, 2.75) is 17.9 Å². The largest absolute Gasteiger partial charge is 0.465 e. The number of fused-ring (bicyclic) bond motifs is 1. The minimum atomic E-state index is -3.78. The molecular weight excluding hydrogens is 336 g/mol. The fraction of sp³-hybridized carbons (Fsp3) is 0.400. The second-order valence-corrected chi connectivity index (χ2v) is 8.30. The third-order valence-electron chi connectivity index (χ3n) is 3.93. The first kappa shape index (κ1) is 16.4. The SMILES string of the molecule is COC(=O)c1sc2ccccc2c1S(=O)(=O)N1CCNCC1C. The fourth-order valence-corrected chi connectivity index (χ4v) is 6.21. The Bertz CT molecular complexity index is 844. The molecule has 1 unspecified atom stereocenters. The van der Waals surface area contributed by atoms with Crippen LogP contribution in [0.1, 0.15) is 16.6 Å². The zero-order valence-electron chi connectivity index (χ0n) is 12.9. The number of sulfonamides is 1. The van der Waals surface area contributed by atoms with Gasteiger partial charge in [0.05, 0.1) is 7.11 Å². The van der Waals surface area contributed by atoms with Gasteiger partial charge < -0.3 is 10.1 Å². The second kappa shape index (κ2) is 6.20. The Balaban J connectivity index is 2.23. The van der Waals surface area contributed by atoms with Crippen molar-refractivity contribution in [1.29, 1.82) is 0 Å². The van der Waals surface area contributed by atoms with Gasteiger partial charge in [0.2, 0.25) is 10.0 Å². The minimum absolute atomic E-state index is 0.0682. The molecule has 1 atom stereocenters. The van der Waals surface area contributed by atoms with Crippen molar-refractivity contribution in [3.63, 3.8) is 0 Å². The van der Waals surface area contributed by atoms with Crippen LogP contribution < -0.4 is 5.32 Å². The molecule has 0 radical (unpaired) electrons. The smallest absolute Gasteiger partial charge is 0.349 e. The van der Waals surface area contributed by atoms with Crippen molar-refractivity contribution in [3.8, 4) is 0 Å². The summed E-state index contributed by atoms with van der Waals surface area (Å²) in [7, 11) is -2.52. The third kappa shape index (κ3) is 2.76. The number of esters is 1. The van der Waals surface area contributed by atoms with Crippen molar-refractivity contribution >= 4 is 37.4 Å². The Labute approximate surface area is 139 Å². The summed E-state index contributed by atoms with van der Waals surface area (Å²) < 4.78 is 33.4. The molecule has 1 N–H and O–H groups in total. The molecular formula is C15H18N2O4S2. The van der Waals surface area contributed by atoms with Crippen molar-refractivity contribution < 1.29 is 17.9 Å². The lowest BCUT2D eigenvalue weighted by atomic mass is 10.2. The van der Waals surface area contributed by atoms with Gasteiger partial charge >= 0.3 is 5.97 Å². The molecule has 23 heavy (non-hydrogen) atoms. The lowest BCUT2D eigenvalue weighted by Crippen LogP contribution is -2.52. The molecule has 1 aromatic carbocycles. The van der Waals surface area contributed by atoms with Crippen molar-refractivity contribution in [1.82, 2.24) is 9.62 Å². The predicted molar refractivity (Wildman–Crippen MR) is 89.4 cm³/mol. The summed E-state index contributed by atoms with van der Waals surface area (Å²) in [6, 6.07) is 6.97. The highest BCUT2D eigenvalue weighted by molar-refractivity contribution is 7.89. The molecule has 8 heteroatoms. The number of nitrogens with one attached hydrogen (secondary N) is 1. The van der Waals surface area contributed by atoms with Crippen LogP contribution in [-0.4, -0.2) is 51.5 Å². The normalized spacial score (nSPS) is 19.8. The van der Waals surface area contributed by atoms with E-state index in [9.17, 15) is 13.2 Å². The van der Waals surface area contributed by atoms with E-state index in [0.29, 0.717) is 25.0 Å². The summed E-state index contributed by atoms with van der Waals surface area (Å²) >= 11 is 1.15. The summed E-state index contributed by atoms with van der Waals surface area (Å²) in [4.78, 5) is 12.3. The molecule has 1 aliphatic rings. The van der Waals surface area contributed by atoms with Gasteiger partial charge in [0.15, 0.2) is 0 Å². The summed E-state index contributed by atoms with van der Waals surface area (Å²) in [5, 5.41) is 3.75. The summed E-state index contributed by atoms with van der Waals surface area (Å²) in [5.74, 6) is -0.618. The van der Waals surface area contributed by atoms with Crippen LogP contribution in [-0.2, 0) is 14.8 Å². The molecule has 0 saturated carbocycles. The number of benzene rings is 1. The Morgan fingerprint density at radius 3 is 2.83 bits per heavy atom. The van der Waals surface area contributed by atoms with Gasteiger partial charge in [-0.25, -0.2) is 13.2 Å². The number of methoxy groups -OCH3 is 1. The maximum atomic E-state index is 13.2. The summed E-state index contributed by atoms with van der Waals surface area (Å²) in [6.45, 7) is 3.43. The van der Waals surface area contributed by atoms with Gasteiger partial charge in [0.1, 0.15) is 9.77 Å². The highest BCUT2D eigenvalue weighted by Crippen LogP contribution is 2.37. The molecule has 2 aromatic rings. The fourth-order valence-electron chi connectivity index (χ4n) is 2.80. The van der Waals surface area contributed by atoms with E-state index in [4.69, 9.17) is 4.74 Å². The summed E-state index contributed by atoms with van der Waals surface area (Å²) in [5.41, 5.74) is 0. The molecule has 1 aliphatic heterocycles. The molecule has 0 bridgehead atoms. The van der Waals surface area contributed by atoms with E-state index in [1.54, 1.807) is 12.1 Å². The van der Waals surface area contributed by atoms with Crippen molar-refractivity contribution in [2.24, 2.45) is 0 Å². The first-order valence-electron chi connectivity index (χ1n) is 7.29. The quantitative estimate of drug-likeness (QED) is 0.849. The molecule has 6 nitrogen and oxygen atoms in total. The molecule has 124 valence electrons. The van der Waals surface area contributed by atoms with E-state index in [2.05, 4.69) is 5.32 Å². The lowest BCUT2D eigenvalue weighted by Gasteiger charge is -2.32. The molecule has 3 rings (SSSR count). The first-order valence-corrected chi connectivity index (χ1v) is 9.55. The number of carbonyl (C=O) groups excluding carboxylic acids is 1. The highest BCUT2D eigenvalue weighted by atomic mass is 32.2. The Morgan fingerprint density at radius 1 is 1.39 bits per heavy atom. The third-order valence-corrected chi connectivity index (χ3v) is 7.31. The van der Waals surface area contributed by atoms with Crippen LogP contribution in [0.25, 0.3) is 10.1 Å². The maximum absolute atomic E-state index is 13.2. The molecule has 0 aliphatic carbocycles. The van der Waals surface area contributed by atoms with Crippen LogP contribution in [0.5, 0.6) is 0 Å². The average molecular weight is 354 g/mol. The number of hydrogen-bond donors (Lipinski definition) is 1. The van der Waals surface area contributed by atoms with E-state index in [1.165, 1.54) is 11.4 Å². The van der Waals surface area contributed by atoms with Crippen molar-refractivity contribution in [2.75, 3.05) is 26.7 Å². The number of thiophene rings is 1. The van der Waals surface area contributed by atoms with Crippen molar-refractivity contribution in [3.05, 3.63) is 29.1 Å². The molecule has 2 heterocycles. The van der Waals surface area contributed by atoms with Crippen LogP contribution in [0, 0.1) is 0 Å². The molecule has 1 fully saturated rings. The van der Waals surface area contributed by atoms with Gasteiger partial charge in [-0.05, 0) is 13.0 Å². The monoisotopic (exact) mass is 354 g/mol. The van der Waals surface area contributed by atoms with Gasteiger partial charge in [0, 0.05) is 35.8 Å². The Morgan fingerprint density at radius 2 is 2.13 bits per heavy atom. The number of rotatable bonds is 3. The number of hydrogen-bond acceptors (Lipinski definition) is 6. The zero-order valence-corrected chi connectivity index (χ0v) is 14.5. The molecule has 1 saturated heterocycles. The number of piperazine rings is 1. The lowest BCUT2D eigenvalue weighted by molar-refractivity contribution is 0.0602. The van der Waals surface area contributed by atoms with Gasteiger partial charge in [-0.2, -0.15) is 4.31 Å². The Hall–Kier alpha value is -1.48. The standard InChI is InChI=1S/C15H18N2O4S2/c1-10-9-16-7-8-17(10)23(19,20)14-11-5-3-4-6-12(11)22-13(14)15(18)21-2/h3-6,10,16H,7-9H2,1-2H3. The van der Waals surface area contributed by atoms with Crippen LogP contribution in [0.15, 0.2) is 29.2 Å². The predicted octanol–water partition coefficient (Wildman–Crippen LogP) is 1.67. The van der Waals surface area contributed by atoms with E-state index in [0.717, 1.165) is 16.0 Å². The zero-order chi connectivity index (χ0) is 16.6. The van der Waals surface area contributed by atoms with Gasteiger partial charge in [0.25, 0.3) is 0 Å². The number of carbonyl (C=O) groups is 1. The van der Waals surface area contributed by atoms with E-state index in [1.807, 2.05) is 19.1 Å². The van der Waals surface area contributed by atoms with Gasteiger partial charge in [-0.3, -0.25) is 0 Å². The van der Waals surface area contributed by atoms with Crippen LogP contribution in [0.4, 0.5) is 0 Å². The van der Waals surface area contributed by atoms with Crippen LogP contribution in [0.3, 0.4) is 0 Å². The van der Waals surface area contributed by atoms with Gasteiger partial charge in [-0.15, -0.1) is 11.3 Å². The van der Waals surface area contributed by atoms with E-state index in [-0.39, 0.29) is 15.8 Å². The minimum Gasteiger partial charge on any atom is -0.465 e. The van der Waals surface area contributed by atoms with Crippen LogP contribution >= 0.6 is 11.3 Å². The van der Waals surface area contributed by atoms with E-state index < -0.39 is 16.0 Å². The van der Waals surface area contributed by atoms with Gasteiger partial charge in [-0.1, -0.05) is 18.2 Å². The first-order chi connectivity index (χ1) is 11.0. The molecule has 1 aromatic heterocycles.